The molecule has 1 saturated carbocycles. The second kappa shape index (κ2) is 10.7. The fourth-order valence-corrected chi connectivity index (χ4v) is 1.47. The first-order chi connectivity index (χ1) is 5.83. The van der Waals surface area contributed by atoms with Gasteiger partial charge in [0.05, 0.1) is 0 Å². The molecule has 0 amide bonds. The number of rotatable bonds is 1. The van der Waals surface area contributed by atoms with E-state index < -0.39 is 0 Å². The Kier molecular flexibility index (Phi) is 12.8. The molecule has 12 heavy (non-hydrogen) atoms. The number of hydrogen-bond donors (Lipinski definition) is 0. The van der Waals surface area contributed by atoms with E-state index in [9.17, 15) is 0 Å². The van der Waals surface area contributed by atoms with Gasteiger partial charge in [-0.05, 0) is 24.7 Å². The normalized spacial score (nSPS) is 26.1. The highest BCUT2D eigenvalue weighted by atomic mass is 14.2. The van der Waals surface area contributed by atoms with E-state index in [0.29, 0.717) is 0 Å². The molecular formula is C12H26. The standard InChI is InChI=1S/C8H14.2C2H6/c1-3-8-5-4-7(2)6-8;2*1-2/h3,7-8H,1,4-6H2,2H3;2*1-2H3. The quantitative estimate of drug-likeness (QED) is 0.502. The summed E-state index contributed by atoms with van der Waals surface area (Å²) < 4.78 is 0. The molecule has 0 saturated heterocycles. The van der Waals surface area contributed by atoms with Crippen molar-refractivity contribution in [3.63, 3.8) is 0 Å². The predicted molar refractivity (Wildman–Crippen MR) is 59.4 cm³/mol. The molecular weight excluding hydrogens is 144 g/mol. The van der Waals surface area contributed by atoms with Crippen molar-refractivity contribution in [3.8, 4) is 0 Å². The Morgan fingerprint density at radius 3 is 1.75 bits per heavy atom. The molecule has 1 rings (SSSR count). The van der Waals surface area contributed by atoms with Crippen LogP contribution in [-0.2, 0) is 0 Å². The van der Waals surface area contributed by atoms with E-state index in [0.717, 1.165) is 11.8 Å². The van der Waals surface area contributed by atoms with Gasteiger partial charge in [0, 0.05) is 0 Å². The van der Waals surface area contributed by atoms with Gasteiger partial charge in [0.25, 0.3) is 0 Å². The minimum absolute atomic E-state index is 0.838. The molecule has 0 heteroatoms. The van der Waals surface area contributed by atoms with Crippen molar-refractivity contribution in [1.82, 2.24) is 0 Å². The second-order valence-corrected chi connectivity index (χ2v) is 2.91. The highest BCUT2D eigenvalue weighted by Gasteiger charge is 2.17. The van der Waals surface area contributed by atoms with E-state index in [1.165, 1.54) is 19.3 Å². The molecule has 0 heterocycles. The summed E-state index contributed by atoms with van der Waals surface area (Å²) in [7, 11) is 0. The molecule has 0 radical (unpaired) electrons. The molecule has 0 nitrogen and oxygen atoms in total. The van der Waals surface area contributed by atoms with Crippen LogP contribution < -0.4 is 0 Å². The molecule has 0 aromatic heterocycles. The first-order valence-electron chi connectivity index (χ1n) is 5.45. The largest absolute Gasteiger partial charge is 0.103 e. The minimum atomic E-state index is 0.838. The van der Waals surface area contributed by atoms with Crippen molar-refractivity contribution >= 4 is 0 Å². The summed E-state index contributed by atoms with van der Waals surface area (Å²) in [4.78, 5) is 0. The maximum absolute atomic E-state index is 3.78. The van der Waals surface area contributed by atoms with Crippen molar-refractivity contribution in [3.05, 3.63) is 12.7 Å². The Morgan fingerprint density at radius 1 is 1.08 bits per heavy atom. The van der Waals surface area contributed by atoms with Crippen molar-refractivity contribution in [2.24, 2.45) is 11.8 Å². The average molecular weight is 170 g/mol. The lowest BCUT2D eigenvalue weighted by Crippen LogP contribution is -1.86. The van der Waals surface area contributed by atoms with Crippen LogP contribution in [0.1, 0.15) is 53.9 Å². The Hall–Kier alpha value is -0.260. The maximum Gasteiger partial charge on any atom is -0.0234 e. The summed E-state index contributed by atoms with van der Waals surface area (Å²) in [5, 5.41) is 0. The van der Waals surface area contributed by atoms with Crippen molar-refractivity contribution in [2.75, 3.05) is 0 Å². The summed E-state index contributed by atoms with van der Waals surface area (Å²) >= 11 is 0. The van der Waals surface area contributed by atoms with E-state index in [-0.39, 0.29) is 0 Å². The van der Waals surface area contributed by atoms with Gasteiger partial charge in [-0.2, -0.15) is 0 Å². The highest BCUT2D eigenvalue weighted by Crippen LogP contribution is 2.30. The van der Waals surface area contributed by atoms with Crippen molar-refractivity contribution in [2.45, 2.75) is 53.9 Å². The van der Waals surface area contributed by atoms with Gasteiger partial charge in [-0.15, -0.1) is 6.58 Å². The third-order valence-electron chi connectivity index (χ3n) is 2.07. The minimum Gasteiger partial charge on any atom is -0.103 e. The molecule has 2 atom stereocenters. The Labute approximate surface area is 79.1 Å². The van der Waals surface area contributed by atoms with Gasteiger partial charge in [-0.25, -0.2) is 0 Å². The molecule has 1 fully saturated rings. The molecule has 0 aromatic carbocycles. The third kappa shape index (κ3) is 6.45. The van der Waals surface area contributed by atoms with Gasteiger partial charge in [-0.1, -0.05) is 47.1 Å². The zero-order chi connectivity index (χ0) is 9.98. The molecule has 0 spiro atoms. The third-order valence-corrected chi connectivity index (χ3v) is 2.07. The van der Waals surface area contributed by atoms with Crippen LogP contribution in [0.25, 0.3) is 0 Å². The average Bonchev–Trinajstić information content (AvgIpc) is 2.58. The van der Waals surface area contributed by atoms with Gasteiger partial charge >= 0.3 is 0 Å². The van der Waals surface area contributed by atoms with E-state index in [1.54, 1.807) is 0 Å². The van der Waals surface area contributed by atoms with Crippen LogP contribution in [0.5, 0.6) is 0 Å². The molecule has 0 N–H and O–H groups in total. The maximum atomic E-state index is 3.78. The molecule has 0 aliphatic heterocycles. The Balaban J connectivity index is 0. The fourth-order valence-electron chi connectivity index (χ4n) is 1.47. The van der Waals surface area contributed by atoms with E-state index in [4.69, 9.17) is 0 Å². The van der Waals surface area contributed by atoms with Crippen LogP contribution in [0.3, 0.4) is 0 Å². The fraction of sp³-hybridized carbons (Fsp3) is 0.833. The topological polar surface area (TPSA) is 0 Å². The van der Waals surface area contributed by atoms with Crippen LogP contribution in [0.15, 0.2) is 12.7 Å². The zero-order valence-electron chi connectivity index (χ0n) is 9.56. The van der Waals surface area contributed by atoms with Gasteiger partial charge < -0.3 is 0 Å². The molecule has 1 aliphatic carbocycles. The summed E-state index contributed by atoms with van der Waals surface area (Å²) in [6.45, 7) is 14.1. The van der Waals surface area contributed by atoms with Crippen LogP contribution in [0.2, 0.25) is 0 Å². The SMILES string of the molecule is C=CC1CCC(C)C1.CC.CC. The van der Waals surface area contributed by atoms with Gasteiger partial charge in [0.15, 0.2) is 0 Å². The lowest BCUT2D eigenvalue weighted by Gasteiger charge is -1.98. The number of allylic oxidation sites excluding steroid dienone is 1. The van der Waals surface area contributed by atoms with Gasteiger partial charge in [-0.3, -0.25) is 0 Å². The van der Waals surface area contributed by atoms with Crippen molar-refractivity contribution in [1.29, 1.82) is 0 Å². The lowest BCUT2D eigenvalue weighted by molar-refractivity contribution is 0.586. The summed E-state index contributed by atoms with van der Waals surface area (Å²) in [6.07, 6.45) is 6.27. The first-order valence-corrected chi connectivity index (χ1v) is 5.45. The van der Waals surface area contributed by atoms with E-state index in [1.807, 2.05) is 27.7 Å². The summed E-state index contributed by atoms with van der Waals surface area (Å²) in [5.74, 6) is 1.79. The highest BCUT2D eigenvalue weighted by molar-refractivity contribution is 4.85. The van der Waals surface area contributed by atoms with Gasteiger partial charge in [0.1, 0.15) is 0 Å². The molecule has 1 aliphatic rings. The van der Waals surface area contributed by atoms with E-state index >= 15 is 0 Å². The molecule has 0 bridgehead atoms. The van der Waals surface area contributed by atoms with Crippen LogP contribution >= 0.6 is 0 Å². The molecule has 0 aromatic rings. The predicted octanol–water partition coefficient (Wildman–Crippen LogP) is 4.66. The van der Waals surface area contributed by atoms with Crippen LogP contribution in [-0.4, -0.2) is 0 Å². The Morgan fingerprint density at radius 2 is 1.58 bits per heavy atom. The lowest BCUT2D eigenvalue weighted by atomic mass is 10.1. The Bertz CT molecular complexity index is 84.0. The summed E-state index contributed by atoms with van der Waals surface area (Å²) in [6, 6.07) is 0. The summed E-state index contributed by atoms with van der Waals surface area (Å²) in [5.41, 5.74) is 0. The van der Waals surface area contributed by atoms with Crippen LogP contribution in [0.4, 0.5) is 0 Å². The first kappa shape index (κ1) is 14.3. The molecule has 74 valence electrons. The smallest absolute Gasteiger partial charge is 0.0234 e. The number of hydrogen-bond acceptors (Lipinski definition) is 0. The zero-order valence-corrected chi connectivity index (χ0v) is 9.56. The van der Waals surface area contributed by atoms with E-state index in [2.05, 4.69) is 19.6 Å². The molecule has 2 unspecified atom stereocenters. The van der Waals surface area contributed by atoms with Crippen LogP contribution in [0, 0.1) is 11.8 Å². The van der Waals surface area contributed by atoms with Crippen molar-refractivity contribution < 1.29 is 0 Å². The van der Waals surface area contributed by atoms with Gasteiger partial charge in [0.2, 0.25) is 0 Å². The second-order valence-electron chi connectivity index (χ2n) is 2.91. The monoisotopic (exact) mass is 170 g/mol.